The Labute approximate surface area is 117 Å². The van der Waals surface area contributed by atoms with E-state index in [0.29, 0.717) is 11.5 Å². The summed E-state index contributed by atoms with van der Waals surface area (Å²) in [6.45, 7) is 6.87. The van der Waals surface area contributed by atoms with Gasteiger partial charge in [-0.3, -0.25) is 4.79 Å². The third-order valence-electron chi connectivity index (χ3n) is 2.94. The van der Waals surface area contributed by atoms with Crippen molar-refractivity contribution >= 4 is 23.2 Å². The van der Waals surface area contributed by atoms with Crippen LogP contribution in [-0.2, 0) is 4.79 Å². The van der Waals surface area contributed by atoms with Gasteiger partial charge in [0.2, 0.25) is 5.91 Å². The van der Waals surface area contributed by atoms with Gasteiger partial charge in [0.25, 0.3) is 0 Å². The van der Waals surface area contributed by atoms with Crippen LogP contribution in [0.5, 0.6) is 0 Å². The fourth-order valence-electron chi connectivity index (χ4n) is 2.04. The van der Waals surface area contributed by atoms with Gasteiger partial charge in [0.15, 0.2) is 11.5 Å². The highest BCUT2D eigenvalue weighted by Crippen LogP contribution is 2.22. The first-order valence-electron chi connectivity index (χ1n) is 6.65. The highest BCUT2D eigenvalue weighted by atomic mass is 16.1. The first kappa shape index (κ1) is 14.1. The molecule has 108 valence electrons. The molecule has 0 fully saturated rings. The molecule has 2 heterocycles. The Morgan fingerprint density at radius 2 is 2.30 bits per heavy atom. The molecule has 0 radical (unpaired) electrons. The number of rotatable bonds is 6. The fourth-order valence-corrected chi connectivity index (χ4v) is 2.04. The molecule has 0 atom stereocenters. The molecule has 0 aliphatic carbocycles. The number of hydrogen-bond acceptors (Lipinski definition) is 5. The summed E-state index contributed by atoms with van der Waals surface area (Å²) >= 11 is 0. The van der Waals surface area contributed by atoms with E-state index < -0.39 is 0 Å². The van der Waals surface area contributed by atoms with Crippen LogP contribution in [0.15, 0.2) is 18.6 Å². The minimum absolute atomic E-state index is 0.0902. The minimum Gasteiger partial charge on any atom is -0.369 e. The standard InChI is InChI=1S/C13H20N6O/c1-4-15-11-8-18-6-5-16-12(18)13(17-11)19(9(2)3)7-10(14)20/h5-6,8-9,15H,4,7H2,1-3H3,(H2,14,20). The Morgan fingerprint density at radius 1 is 1.55 bits per heavy atom. The summed E-state index contributed by atoms with van der Waals surface area (Å²) in [4.78, 5) is 22.0. The van der Waals surface area contributed by atoms with E-state index >= 15 is 0 Å². The predicted molar refractivity (Wildman–Crippen MR) is 78.8 cm³/mol. The second-order valence-corrected chi connectivity index (χ2v) is 4.83. The maximum atomic E-state index is 11.3. The van der Waals surface area contributed by atoms with Gasteiger partial charge in [-0.25, -0.2) is 9.97 Å². The first-order chi connectivity index (χ1) is 9.52. The quantitative estimate of drug-likeness (QED) is 0.817. The van der Waals surface area contributed by atoms with Crippen LogP contribution in [0.2, 0.25) is 0 Å². The average molecular weight is 276 g/mol. The topological polar surface area (TPSA) is 88.5 Å². The van der Waals surface area contributed by atoms with E-state index in [1.165, 1.54) is 0 Å². The number of imidazole rings is 1. The highest BCUT2D eigenvalue weighted by Gasteiger charge is 2.19. The zero-order chi connectivity index (χ0) is 14.7. The van der Waals surface area contributed by atoms with E-state index in [1.807, 2.05) is 42.5 Å². The average Bonchev–Trinajstić information content (AvgIpc) is 2.83. The maximum Gasteiger partial charge on any atom is 0.237 e. The molecule has 2 rings (SSSR count). The molecule has 1 amide bonds. The van der Waals surface area contributed by atoms with Crippen molar-refractivity contribution in [2.24, 2.45) is 5.73 Å². The Bertz CT molecular complexity index is 606. The second-order valence-electron chi connectivity index (χ2n) is 4.83. The molecule has 0 saturated carbocycles. The van der Waals surface area contributed by atoms with Crippen LogP contribution >= 0.6 is 0 Å². The zero-order valence-electron chi connectivity index (χ0n) is 12.0. The lowest BCUT2D eigenvalue weighted by atomic mass is 10.3. The van der Waals surface area contributed by atoms with E-state index in [9.17, 15) is 4.79 Å². The lowest BCUT2D eigenvalue weighted by Gasteiger charge is -2.27. The van der Waals surface area contributed by atoms with Crippen molar-refractivity contribution in [2.45, 2.75) is 26.8 Å². The van der Waals surface area contributed by atoms with Crippen molar-refractivity contribution in [1.29, 1.82) is 0 Å². The molecule has 0 spiro atoms. The molecule has 0 bridgehead atoms. The van der Waals surface area contributed by atoms with Crippen molar-refractivity contribution in [3.8, 4) is 0 Å². The van der Waals surface area contributed by atoms with Crippen LogP contribution in [0.25, 0.3) is 5.65 Å². The van der Waals surface area contributed by atoms with E-state index in [0.717, 1.165) is 12.4 Å². The molecular formula is C13H20N6O. The normalized spacial score (nSPS) is 11.0. The Morgan fingerprint density at radius 3 is 2.90 bits per heavy atom. The molecule has 0 saturated heterocycles. The van der Waals surface area contributed by atoms with Gasteiger partial charge in [0, 0.05) is 25.0 Å². The van der Waals surface area contributed by atoms with Crippen molar-refractivity contribution in [3.05, 3.63) is 18.6 Å². The second kappa shape index (κ2) is 5.77. The summed E-state index contributed by atoms with van der Waals surface area (Å²) in [6.07, 6.45) is 5.43. The third-order valence-corrected chi connectivity index (χ3v) is 2.94. The van der Waals surface area contributed by atoms with Gasteiger partial charge in [0.05, 0.1) is 12.7 Å². The smallest absolute Gasteiger partial charge is 0.237 e. The number of fused-ring (bicyclic) bond motifs is 1. The van der Waals surface area contributed by atoms with Crippen molar-refractivity contribution in [2.75, 3.05) is 23.3 Å². The largest absolute Gasteiger partial charge is 0.369 e. The van der Waals surface area contributed by atoms with Gasteiger partial charge in [-0.2, -0.15) is 0 Å². The van der Waals surface area contributed by atoms with Gasteiger partial charge in [0.1, 0.15) is 5.82 Å². The van der Waals surface area contributed by atoms with Crippen LogP contribution in [-0.4, -0.2) is 39.4 Å². The van der Waals surface area contributed by atoms with Crippen LogP contribution < -0.4 is 16.0 Å². The number of primary amides is 1. The van der Waals surface area contributed by atoms with E-state index in [-0.39, 0.29) is 18.5 Å². The van der Waals surface area contributed by atoms with Gasteiger partial charge >= 0.3 is 0 Å². The molecule has 0 aromatic carbocycles. The Hall–Kier alpha value is -2.31. The summed E-state index contributed by atoms with van der Waals surface area (Å²) < 4.78 is 1.89. The third kappa shape index (κ3) is 2.81. The molecule has 2 aromatic heterocycles. The van der Waals surface area contributed by atoms with Crippen LogP contribution in [0, 0.1) is 0 Å². The van der Waals surface area contributed by atoms with Crippen molar-refractivity contribution < 1.29 is 4.79 Å². The lowest BCUT2D eigenvalue weighted by molar-refractivity contribution is -0.116. The molecular weight excluding hydrogens is 256 g/mol. The molecule has 7 nitrogen and oxygen atoms in total. The number of carbonyl (C=O) groups is 1. The minimum atomic E-state index is -0.390. The highest BCUT2D eigenvalue weighted by molar-refractivity contribution is 5.81. The van der Waals surface area contributed by atoms with Gasteiger partial charge < -0.3 is 20.4 Å². The Balaban J connectivity index is 2.53. The van der Waals surface area contributed by atoms with Crippen molar-refractivity contribution in [1.82, 2.24) is 14.4 Å². The number of anilines is 2. The monoisotopic (exact) mass is 276 g/mol. The molecule has 0 aliphatic rings. The van der Waals surface area contributed by atoms with Crippen LogP contribution in [0.4, 0.5) is 11.6 Å². The number of hydrogen-bond donors (Lipinski definition) is 2. The molecule has 0 aliphatic heterocycles. The van der Waals surface area contributed by atoms with E-state index in [4.69, 9.17) is 5.73 Å². The first-order valence-corrected chi connectivity index (χ1v) is 6.65. The number of carbonyl (C=O) groups excluding carboxylic acids is 1. The summed E-state index contributed by atoms with van der Waals surface area (Å²) in [5.74, 6) is 1.00. The molecule has 2 aromatic rings. The van der Waals surface area contributed by atoms with Crippen LogP contribution in [0.3, 0.4) is 0 Å². The molecule has 3 N–H and O–H groups in total. The maximum absolute atomic E-state index is 11.3. The summed E-state index contributed by atoms with van der Waals surface area (Å²) in [6, 6.07) is 0.0902. The van der Waals surface area contributed by atoms with Gasteiger partial charge in [-0.05, 0) is 20.8 Å². The van der Waals surface area contributed by atoms with E-state index in [2.05, 4.69) is 15.3 Å². The summed E-state index contributed by atoms with van der Waals surface area (Å²) in [7, 11) is 0. The molecule has 0 unspecified atom stereocenters. The zero-order valence-corrected chi connectivity index (χ0v) is 12.0. The van der Waals surface area contributed by atoms with Gasteiger partial charge in [-0.1, -0.05) is 0 Å². The van der Waals surface area contributed by atoms with E-state index in [1.54, 1.807) is 6.20 Å². The van der Waals surface area contributed by atoms with Gasteiger partial charge in [-0.15, -0.1) is 0 Å². The summed E-state index contributed by atoms with van der Waals surface area (Å²) in [5.41, 5.74) is 6.04. The number of nitrogens with two attached hydrogens (primary N) is 1. The Kier molecular flexibility index (Phi) is 4.07. The van der Waals surface area contributed by atoms with Crippen LogP contribution in [0.1, 0.15) is 20.8 Å². The number of nitrogens with zero attached hydrogens (tertiary/aromatic N) is 4. The van der Waals surface area contributed by atoms with Crippen molar-refractivity contribution in [3.63, 3.8) is 0 Å². The number of aromatic nitrogens is 3. The lowest BCUT2D eigenvalue weighted by Crippen LogP contribution is -2.39. The molecule has 7 heteroatoms. The predicted octanol–water partition coefficient (Wildman–Crippen LogP) is 0.861. The number of amides is 1. The number of nitrogens with one attached hydrogen (secondary N) is 1. The SMILES string of the molecule is CCNc1cn2ccnc2c(N(CC(N)=O)C(C)C)n1. The molecule has 20 heavy (non-hydrogen) atoms. The summed E-state index contributed by atoms with van der Waals surface area (Å²) in [5, 5.41) is 3.17. The fraction of sp³-hybridized carbons (Fsp3) is 0.462.